The zero-order valence-electron chi connectivity index (χ0n) is 10.6. The fourth-order valence-electron chi connectivity index (χ4n) is 2.49. The summed E-state index contributed by atoms with van der Waals surface area (Å²) in [5.41, 5.74) is 2.38. The molecule has 0 radical (unpaired) electrons. The molecule has 4 aromatic rings. The van der Waals surface area contributed by atoms with Crippen LogP contribution >= 0.6 is 0 Å². The first kappa shape index (κ1) is 11.1. The number of pyridine rings is 1. The van der Waals surface area contributed by atoms with E-state index in [0.29, 0.717) is 5.52 Å². The lowest BCUT2D eigenvalue weighted by molar-refractivity contribution is 0.480. The Morgan fingerprint density at radius 3 is 2.75 bits per heavy atom. The predicted octanol–water partition coefficient (Wildman–Crippen LogP) is 4.35. The van der Waals surface area contributed by atoms with Gasteiger partial charge in [0, 0.05) is 22.5 Å². The van der Waals surface area contributed by atoms with E-state index in [1.807, 2.05) is 48.5 Å². The first-order chi connectivity index (χ1) is 9.83. The monoisotopic (exact) mass is 261 g/mol. The predicted molar refractivity (Wildman–Crippen MR) is 78.6 cm³/mol. The lowest BCUT2D eigenvalue weighted by atomic mass is 10.1. The quantitative estimate of drug-likeness (QED) is 0.554. The maximum Gasteiger partial charge on any atom is 0.141 e. The summed E-state index contributed by atoms with van der Waals surface area (Å²) < 4.78 is 5.89. The second kappa shape index (κ2) is 4.10. The summed E-state index contributed by atoms with van der Waals surface area (Å²) in [5.74, 6) is 0.963. The maximum absolute atomic E-state index is 9.89. The normalized spacial score (nSPS) is 11.2. The van der Waals surface area contributed by atoms with Crippen molar-refractivity contribution in [2.45, 2.75) is 0 Å². The number of aromatic hydroxyl groups is 1. The van der Waals surface area contributed by atoms with Gasteiger partial charge in [0.2, 0.25) is 0 Å². The molecule has 0 saturated heterocycles. The van der Waals surface area contributed by atoms with Gasteiger partial charge in [0.25, 0.3) is 0 Å². The van der Waals surface area contributed by atoms with Crippen molar-refractivity contribution in [2.24, 2.45) is 0 Å². The van der Waals surface area contributed by atoms with Crippen LogP contribution in [-0.4, -0.2) is 10.1 Å². The number of benzene rings is 2. The van der Waals surface area contributed by atoms with Gasteiger partial charge in [-0.1, -0.05) is 24.3 Å². The van der Waals surface area contributed by atoms with Crippen LogP contribution in [0.2, 0.25) is 0 Å². The number of hydrogen-bond donors (Lipinski definition) is 1. The zero-order chi connectivity index (χ0) is 13.5. The molecule has 2 heterocycles. The van der Waals surface area contributed by atoms with Crippen molar-refractivity contribution in [3.05, 3.63) is 60.8 Å². The third-order valence-corrected chi connectivity index (χ3v) is 3.44. The topological polar surface area (TPSA) is 46.3 Å². The van der Waals surface area contributed by atoms with Gasteiger partial charge in [0.15, 0.2) is 0 Å². The van der Waals surface area contributed by atoms with Gasteiger partial charge < -0.3 is 9.52 Å². The zero-order valence-corrected chi connectivity index (χ0v) is 10.6. The highest BCUT2D eigenvalue weighted by Gasteiger charge is 2.11. The molecule has 2 aromatic heterocycles. The second-order valence-corrected chi connectivity index (χ2v) is 4.68. The molecule has 0 saturated carbocycles. The van der Waals surface area contributed by atoms with Gasteiger partial charge in [-0.15, -0.1) is 0 Å². The number of phenolic OH excluding ortho intramolecular Hbond substituents is 1. The number of hydrogen-bond acceptors (Lipinski definition) is 3. The Morgan fingerprint density at radius 2 is 1.85 bits per heavy atom. The van der Waals surface area contributed by atoms with E-state index >= 15 is 0 Å². The highest BCUT2D eigenvalue weighted by Crippen LogP contribution is 2.35. The van der Waals surface area contributed by atoms with Crippen LogP contribution in [-0.2, 0) is 0 Å². The van der Waals surface area contributed by atoms with Crippen molar-refractivity contribution >= 4 is 21.9 Å². The minimum absolute atomic E-state index is 0.181. The Bertz CT molecular complexity index is 891. The summed E-state index contributed by atoms with van der Waals surface area (Å²) in [5, 5.41) is 11.8. The first-order valence-corrected chi connectivity index (χ1v) is 6.38. The number of para-hydroxylation sites is 1. The molecule has 96 valence electrons. The third-order valence-electron chi connectivity index (χ3n) is 3.44. The fraction of sp³-hybridized carbons (Fsp3) is 0. The lowest BCUT2D eigenvalue weighted by Gasteiger charge is -2.04. The van der Waals surface area contributed by atoms with Gasteiger partial charge in [0.1, 0.15) is 22.6 Å². The first-order valence-electron chi connectivity index (χ1n) is 6.38. The average molecular weight is 261 g/mol. The Morgan fingerprint density at radius 1 is 0.950 bits per heavy atom. The average Bonchev–Trinajstić information content (AvgIpc) is 2.91. The van der Waals surface area contributed by atoms with Crippen LogP contribution in [0.4, 0.5) is 0 Å². The molecule has 0 unspecified atom stereocenters. The van der Waals surface area contributed by atoms with Crippen LogP contribution in [0.3, 0.4) is 0 Å². The molecule has 2 aromatic carbocycles. The summed E-state index contributed by atoms with van der Waals surface area (Å²) in [4.78, 5) is 4.23. The standard InChI is InChI=1S/C17H11NO2/c19-14-8-7-12(13-5-3-9-18-17(13)14)16-10-11-4-1-2-6-15(11)20-16/h1-10,19H. The van der Waals surface area contributed by atoms with Gasteiger partial charge in [-0.25, -0.2) is 0 Å². The highest BCUT2D eigenvalue weighted by atomic mass is 16.3. The van der Waals surface area contributed by atoms with Crippen LogP contribution in [0.5, 0.6) is 5.75 Å². The Balaban J connectivity index is 2.04. The lowest BCUT2D eigenvalue weighted by Crippen LogP contribution is -1.82. The molecule has 0 spiro atoms. The number of rotatable bonds is 1. The number of aromatic nitrogens is 1. The molecule has 0 amide bonds. The number of fused-ring (bicyclic) bond motifs is 2. The number of nitrogens with zero attached hydrogens (tertiary/aromatic N) is 1. The van der Waals surface area contributed by atoms with Crippen LogP contribution in [0.1, 0.15) is 0 Å². The Hall–Kier alpha value is -2.81. The van der Waals surface area contributed by atoms with Crippen molar-refractivity contribution in [1.82, 2.24) is 4.98 Å². The van der Waals surface area contributed by atoms with Crippen molar-refractivity contribution in [2.75, 3.05) is 0 Å². The summed E-state index contributed by atoms with van der Waals surface area (Å²) in [6.45, 7) is 0. The van der Waals surface area contributed by atoms with Crippen LogP contribution in [0, 0.1) is 0 Å². The SMILES string of the molecule is Oc1ccc(-c2cc3ccccc3o2)c2cccnc12. The van der Waals surface area contributed by atoms with Gasteiger partial charge in [-0.05, 0) is 30.3 Å². The molecule has 20 heavy (non-hydrogen) atoms. The van der Waals surface area contributed by atoms with E-state index < -0.39 is 0 Å². The molecule has 1 N–H and O–H groups in total. The summed E-state index contributed by atoms with van der Waals surface area (Å²) in [6.07, 6.45) is 1.67. The van der Waals surface area contributed by atoms with Crippen LogP contribution in [0.25, 0.3) is 33.2 Å². The smallest absolute Gasteiger partial charge is 0.141 e. The van der Waals surface area contributed by atoms with Gasteiger partial charge in [-0.2, -0.15) is 0 Å². The van der Waals surface area contributed by atoms with E-state index in [1.165, 1.54) is 0 Å². The van der Waals surface area contributed by atoms with Crippen LogP contribution in [0.15, 0.2) is 65.2 Å². The van der Waals surface area contributed by atoms with E-state index in [9.17, 15) is 5.11 Å². The summed E-state index contributed by atoms with van der Waals surface area (Å²) in [7, 11) is 0. The summed E-state index contributed by atoms with van der Waals surface area (Å²) in [6, 6.07) is 17.2. The molecule has 3 nitrogen and oxygen atoms in total. The molecule has 0 aliphatic carbocycles. The largest absolute Gasteiger partial charge is 0.506 e. The van der Waals surface area contributed by atoms with E-state index in [0.717, 1.165) is 27.7 Å². The molecule has 0 atom stereocenters. The van der Waals surface area contributed by atoms with Gasteiger partial charge >= 0.3 is 0 Å². The molecular formula is C17H11NO2. The van der Waals surface area contributed by atoms with E-state index in [1.54, 1.807) is 12.3 Å². The van der Waals surface area contributed by atoms with E-state index in [4.69, 9.17) is 4.42 Å². The molecule has 0 aliphatic heterocycles. The van der Waals surface area contributed by atoms with Gasteiger partial charge in [-0.3, -0.25) is 4.98 Å². The highest BCUT2D eigenvalue weighted by molar-refractivity contribution is 5.98. The molecule has 0 aliphatic rings. The fourth-order valence-corrected chi connectivity index (χ4v) is 2.49. The second-order valence-electron chi connectivity index (χ2n) is 4.68. The Labute approximate surface area is 115 Å². The molecular weight excluding hydrogens is 250 g/mol. The maximum atomic E-state index is 9.89. The molecule has 0 bridgehead atoms. The molecule has 4 rings (SSSR count). The van der Waals surface area contributed by atoms with Crippen molar-refractivity contribution in [3.63, 3.8) is 0 Å². The van der Waals surface area contributed by atoms with E-state index in [2.05, 4.69) is 4.98 Å². The minimum atomic E-state index is 0.181. The summed E-state index contributed by atoms with van der Waals surface area (Å²) >= 11 is 0. The third kappa shape index (κ3) is 1.57. The van der Waals surface area contributed by atoms with E-state index in [-0.39, 0.29) is 5.75 Å². The van der Waals surface area contributed by atoms with Crippen molar-refractivity contribution in [1.29, 1.82) is 0 Å². The Kier molecular flexibility index (Phi) is 2.27. The number of furan rings is 1. The van der Waals surface area contributed by atoms with Crippen molar-refractivity contribution in [3.8, 4) is 17.1 Å². The molecule has 3 heteroatoms. The minimum Gasteiger partial charge on any atom is -0.506 e. The van der Waals surface area contributed by atoms with Gasteiger partial charge in [0.05, 0.1) is 0 Å². The van der Waals surface area contributed by atoms with Crippen molar-refractivity contribution < 1.29 is 9.52 Å². The molecule has 0 fully saturated rings. The van der Waals surface area contributed by atoms with Crippen LogP contribution < -0.4 is 0 Å². The number of phenols is 1.